The van der Waals surface area contributed by atoms with Crippen LogP contribution in [0.3, 0.4) is 0 Å². The van der Waals surface area contributed by atoms with Crippen LogP contribution in [0.2, 0.25) is 0 Å². The van der Waals surface area contributed by atoms with E-state index in [1.165, 1.54) is 6.42 Å². The molecular formula is C13H27O6P. The molecular weight excluding hydrogens is 283 g/mol. The summed E-state index contributed by atoms with van der Waals surface area (Å²) in [7, 11) is -4.64. The van der Waals surface area contributed by atoms with Gasteiger partial charge in [0.05, 0.1) is 6.61 Å². The van der Waals surface area contributed by atoms with Crippen LogP contribution < -0.4 is 0 Å². The molecule has 0 bridgehead atoms. The van der Waals surface area contributed by atoms with Crippen molar-refractivity contribution < 1.29 is 28.8 Å². The summed E-state index contributed by atoms with van der Waals surface area (Å²) < 4.78 is 13.9. The molecule has 0 aromatic carbocycles. The quantitative estimate of drug-likeness (QED) is 0.275. The molecule has 0 atom stereocenters. The predicted octanol–water partition coefficient (Wildman–Crippen LogP) is 2.93. The first-order valence-corrected chi connectivity index (χ1v) is 8.47. The van der Waals surface area contributed by atoms with Crippen molar-refractivity contribution in [2.45, 2.75) is 59.3 Å². The van der Waals surface area contributed by atoms with Crippen LogP contribution >= 0.6 is 7.82 Å². The van der Waals surface area contributed by atoms with Gasteiger partial charge in [-0.15, -0.1) is 0 Å². The van der Waals surface area contributed by atoms with Gasteiger partial charge in [0.25, 0.3) is 0 Å². The van der Waals surface area contributed by atoms with E-state index in [0.717, 1.165) is 37.7 Å². The first-order chi connectivity index (χ1) is 9.26. The molecule has 0 spiro atoms. The van der Waals surface area contributed by atoms with Crippen molar-refractivity contribution in [2.75, 3.05) is 6.61 Å². The molecule has 120 valence electrons. The van der Waals surface area contributed by atoms with Gasteiger partial charge < -0.3 is 19.4 Å². The maximum Gasteiger partial charge on any atom is 0.466 e. The third-order valence-electron chi connectivity index (χ3n) is 2.29. The molecule has 0 unspecified atom stereocenters. The number of hydrogen-bond acceptors (Lipinski definition) is 3. The molecule has 0 saturated heterocycles. The number of carbonyl (C=O) groups excluding carboxylic acids is 1. The number of allylic oxidation sites excluding steroid dienone is 1. The molecule has 0 amide bonds. The van der Waals surface area contributed by atoms with E-state index in [9.17, 15) is 4.79 Å². The molecule has 0 aliphatic carbocycles. The highest BCUT2D eigenvalue weighted by molar-refractivity contribution is 7.45. The van der Waals surface area contributed by atoms with Crippen LogP contribution in [-0.4, -0.2) is 27.3 Å². The minimum atomic E-state index is -4.64. The number of ether oxygens (including phenoxy) is 1. The maximum atomic E-state index is 11.6. The monoisotopic (exact) mass is 310 g/mol. The Labute approximate surface area is 121 Å². The van der Waals surface area contributed by atoms with Crippen LogP contribution in [0.25, 0.3) is 0 Å². The number of carbonyl (C=O) groups is 1. The standard InChI is InChI=1S/C13H24O2.H3O4P/c1-4-7-9-11-12(10-8-5-2)13(14)15-6-3;1-5(2,3)4/h11H,4-10H2,1-3H3;(H3,1,2,3,4). The van der Waals surface area contributed by atoms with Gasteiger partial charge in [0, 0.05) is 5.57 Å². The number of hydrogen-bond donors (Lipinski definition) is 3. The molecule has 0 heterocycles. The van der Waals surface area contributed by atoms with Crippen molar-refractivity contribution in [3.8, 4) is 0 Å². The zero-order valence-electron chi connectivity index (χ0n) is 12.5. The summed E-state index contributed by atoms with van der Waals surface area (Å²) in [5.41, 5.74) is 0.868. The van der Waals surface area contributed by atoms with E-state index < -0.39 is 7.82 Å². The van der Waals surface area contributed by atoms with Crippen molar-refractivity contribution in [3.63, 3.8) is 0 Å². The molecule has 0 aliphatic heterocycles. The molecule has 7 heteroatoms. The molecule has 0 fully saturated rings. The molecule has 0 rings (SSSR count). The van der Waals surface area contributed by atoms with Crippen molar-refractivity contribution in [2.24, 2.45) is 0 Å². The summed E-state index contributed by atoms with van der Waals surface area (Å²) in [5, 5.41) is 0. The fourth-order valence-electron chi connectivity index (χ4n) is 1.36. The zero-order valence-corrected chi connectivity index (χ0v) is 13.4. The van der Waals surface area contributed by atoms with Crippen LogP contribution in [-0.2, 0) is 14.1 Å². The van der Waals surface area contributed by atoms with Crippen LogP contribution in [0.1, 0.15) is 59.3 Å². The van der Waals surface area contributed by atoms with Crippen LogP contribution in [0.5, 0.6) is 0 Å². The summed E-state index contributed by atoms with van der Waals surface area (Å²) in [5.74, 6) is -0.123. The lowest BCUT2D eigenvalue weighted by Crippen LogP contribution is -2.07. The minimum absolute atomic E-state index is 0.123. The van der Waals surface area contributed by atoms with E-state index in [4.69, 9.17) is 24.0 Å². The maximum absolute atomic E-state index is 11.6. The highest BCUT2D eigenvalue weighted by Gasteiger charge is 2.08. The van der Waals surface area contributed by atoms with Crippen molar-refractivity contribution >= 4 is 13.8 Å². The number of esters is 1. The van der Waals surface area contributed by atoms with Gasteiger partial charge >= 0.3 is 13.8 Å². The van der Waals surface area contributed by atoms with Gasteiger partial charge in [-0.1, -0.05) is 39.2 Å². The lowest BCUT2D eigenvalue weighted by atomic mass is 10.1. The molecule has 0 aliphatic rings. The SMILES string of the molecule is CCCCC=C(CCCC)C(=O)OCC.O=P(O)(O)O. The van der Waals surface area contributed by atoms with E-state index in [1.54, 1.807) is 0 Å². The Hall–Kier alpha value is -0.680. The molecule has 0 aromatic rings. The minimum Gasteiger partial charge on any atom is -0.463 e. The third-order valence-corrected chi connectivity index (χ3v) is 2.29. The summed E-state index contributed by atoms with van der Waals surface area (Å²) in [6.45, 7) is 6.61. The van der Waals surface area contributed by atoms with Crippen LogP contribution in [0.4, 0.5) is 0 Å². The molecule has 6 nitrogen and oxygen atoms in total. The van der Waals surface area contributed by atoms with Gasteiger partial charge in [-0.2, -0.15) is 0 Å². The first kappa shape index (κ1) is 21.6. The summed E-state index contributed by atoms with van der Waals surface area (Å²) in [6.07, 6.45) is 8.40. The van der Waals surface area contributed by atoms with Gasteiger partial charge in [-0.05, 0) is 26.2 Å². The van der Waals surface area contributed by atoms with Crippen molar-refractivity contribution in [1.82, 2.24) is 0 Å². The molecule has 3 N–H and O–H groups in total. The van der Waals surface area contributed by atoms with E-state index in [1.807, 2.05) is 6.92 Å². The summed E-state index contributed by atoms with van der Waals surface area (Å²) >= 11 is 0. The van der Waals surface area contributed by atoms with Crippen molar-refractivity contribution in [1.29, 1.82) is 0 Å². The highest BCUT2D eigenvalue weighted by atomic mass is 31.2. The van der Waals surface area contributed by atoms with E-state index >= 15 is 0 Å². The van der Waals surface area contributed by atoms with Gasteiger partial charge in [0.2, 0.25) is 0 Å². The Morgan fingerprint density at radius 1 is 1.10 bits per heavy atom. The Morgan fingerprint density at radius 2 is 1.60 bits per heavy atom. The van der Waals surface area contributed by atoms with E-state index in [2.05, 4.69) is 19.9 Å². The smallest absolute Gasteiger partial charge is 0.463 e. The number of phosphoric acid groups is 1. The van der Waals surface area contributed by atoms with Gasteiger partial charge in [0.1, 0.15) is 0 Å². The van der Waals surface area contributed by atoms with Crippen LogP contribution in [0, 0.1) is 0 Å². The van der Waals surface area contributed by atoms with Gasteiger partial charge in [0.15, 0.2) is 0 Å². The largest absolute Gasteiger partial charge is 0.466 e. The first-order valence-electron chi connectivity index (χ1n) is 6.90. The van der Waals surface area contributed by atoms with Crippen molar-refractivity contribution in [3.05, 3.63) is 11.6 Å². The lowest BCUT2D eigenvalue weighted by molar-refractivity contribution is -0.138. The fraction of sp³-hybridized carbons (Fsp3) is 0.769. The summed E-state index contributed by atoms with van der Waals surface area (Å²) in [4.78, 5) is 33.1. The normalized spacial score (nSPS) is 11.6. The highest BCUT2D eigenvalue weighted by Crippen LogP contribution is 2.25. The average molecular weight is 310 g/mol. The number of rotatable bonds is 8. The second-order valence-electron chi connectivity index (χ2n) is 4.21. The molecule has 0 radical (unpaired) electrons. The molecule has 20 heavy (non-hydrogen) atoms. The second-order valence-corrected chi connectivity index (χ2v) is 5.24. The predicted molar refractivity (Wildman–Crippen MR) is 78.0 cm³/mol. The van der Waals surface area contributed by atoms with E-state index in [0.29, 0.717) is 6.61 Å². The number of unbranched alkanes of at least 4 members (excludes halogenated alkanes) is 3. The average Bonchev–Trinajstić information content (AvgIpc) is 2.31. The topological polar surface area (TPSA) is 104 Å². The Bertz CT molecular complexity index is 313. The Balaban J connectivity index is 0. The molecule has 0 saturated carbocycles. The fourth-order valence-corrected chi connectivity index (χ4v) is 1.36. The van der Waals surface area contributed by atoms with Crippen LogP contribution in [0.15, 0.2) is 11.6 Å². The van der Waals surface area contributed by atoms with E-state index in [-0.39, 0.29) is 5.97 Å². The van der Waals surface area contributed by atoms with Gasteiger partial charge in [-0.3, -0.25) is 0 Å². The van der Waals surface area contributed by atoms with Gasteiger partial charge in [-0.25, -0.2) is 9.36 Å². The summed E-state index contributed by atoms with van der Waals surface area (Å²) in [6, 6.07) is 0. The second kappa shape index (κ2) is 13.3. The third kappa shape index (κ3) is 19.7. The molecule has 0 aromatic heterocycles. The Morgan fingerprint density at radius 3 is 2.00 bits per heavy atom. The lowest BCUT2D eigenvalue weighted by Gasteiger charge is -2.06. The Kier molecular flexibility index (Phi) is 14.4. The zero-order chi connectivity index (χ0) is 16.0.